The maximum Gasteiger partial charge on any atom is 0.412 e. The Balaban J connectivity index is 2.53. The highest BCUT2D eigenvalue weighted by Gasteiger charge is 2.69. The first-order chi connectivity index (χ1) is 9.49. The van der Waals surface area contributed by atoms with Gasteiger partial charge >= 0.3 is 12.1 Å². The van der Waals surface area contributed by atoms with Crippen molar-refractivity contribution in [1.29, 1.82) is 0 Å². The molecule has 0 radical (unpaired) electrons. The van der Waals surface area contributed by atoms with Gasteiger partial charge in [0.2, 0.25) is 5.41 Å². The summed E-state index contributed by atoms with van der Waals surface area (Å²) < 4.78 is 45.5. The summed E-state index contributed by atoms with van der Waals surface area (Å²) in [6.07, 6.45) is -5.72. The molecule has 0 unspecified atom stereocenters. The predicted octanol–water partition coefficient (Wildman–Crippen LogP) is 3.32. The third-order valence-corrected chi connectivity index (χ3v) is 3.34. The van der Waals surface area contributed by atoms with Crippen molar-refractivity contribution in [3.63, 3.8) is 0 Å². The van der Waals surface area contributed by atoms with Crippen molar-refractivity contribution in [1.82, 2.24) is 0 Å². The number of hydrogen-bond acceptors (Lipinski definition) is 3. The zero-order valence-corrected chi connectivity index (χ0v) is 11.9. The molecule has 1 aromatic carbocycles. The molecule has 0 bridgehead atoms. The molecule has 0 amide bonds. The molecule has 0 aromatic heterocycles. The fourth-order valence-corrected chi connectivity index (χ4v) is 2.37. The fraction of sp³-hybridized carbons (Fsp3) is 0.467. The van der Waals surface area contributed by atoms with Gasteiger partial charge in [-0.15, -0.1) is 0 Å². The summed E-state index contributed by atoms with van der Waals surface area (Å²) >= 11 is 0. The number of esters is 1. The number of rotatable bonds is 1. The average Bonchev–Trinajstić information content (AvgIpc) is 2.62. The van der Waals surface area contributed by atoms with Crippen molar-refractivity contribution < 1.29 is 27.5 Å². The SMILES string of the molecule is CC(C)(C)OC(=O)[C@@]1(C(F)(F)F)Cc2ccccc2C1=O. The van der Waals surface area contributed by atoms with E-state index in [9.17, 15) is 22.8 Å². The van der Waals surface area contributed by atoms with Crippen molar-refractivity contribution in [3.05, 3.63) is 35.4 Å². The molecule has 1 aliphatic carbocycles. The highest BCUT2D eigenvalue weighted by atomic mass is 19.4. The van der Waals surface area contributed by atoms with E-state index < -0.39 is 35.4 Å². The lowest BCUT2D eigenvalue weighted by molar-refractivity contribution is -0.223. The molecule has 0 aliphatic heterocycles. The number of halogens is 3. The zero-order chi connectivity index (χ0) is 16.1. The second-order valence-corrected chi connectivity index (χ2v) is 6.07. The Morgan fingerprint density at radius 1 is 1.19 bits per heavy atom. The normalized spacial score (nSPS) is 22.1. The first-order valence-electron chi connectivity index (χ1n) is 6.42. The van der Waals surface area contributed by atoms with Crippen molar-refractivity contribution >= 4 is 11.8 Å². The molecule has 0 heterocycles. The summed E-state index contributed by atoms with van der Waals surface area (Å²) in [4.78, 5) is 24.4. The zero-order valence-electron chi connectivity index (χ0n) is 11.9. The quantitative estimate of drug-likeness (QED) is 0.590. The fourth-order valence-electron chi connectivity index (χ4n) is 2.37. The van der Waals surface area contributed by atoms with Crippen LogP contribution in [0.2, 0.25) is 0 Å². The maximum atomic E-state index is 13.5. The molecule has 1 atom stereocenters. The second-order valence-electron chi connectivity index (χ2n) is 6.07. The van der Waals surface area contributed by atoms with Crippen LogP contribution in [-0.2, 0) is 16.0 Å². The number of benzene rings is 1. The van der Waals surface area contributed by atoms with Crippen LogP contribution >= 0.6 is 0 Å². The molecule has 0 fully saturated rings. The van der Waals surface area contributed by atoms with Crippen LogP contribution in [0.4, 0.5) is 13.2 Å². The van der Waals surface area contributed by atoms with Gasteiger partial charge in [-0.25, -0.2) is 0 Å². The van der Waals surface area contributed by atoms with Gasteiger partial charge in [0.05, 0.1) is 0 Å². The van der Waals surface area contributed by atoms with E-state index in [0.29, 0.717) is 0 Å². The number of ether oxygens (including phenoxy) is 1. The van der Waals surface area contributed by atoms with Gasteiger partial charge < -0.3 is 4.74 Å². The summed E-state index contributed by atoms with van der Waals surface area (Å²) in [7, 11) is 0. The van der Waals surface area contributed by atoms with Gasteiger partial charge in [-0.05, 0) is 26.3 Å². The highest BCUT2D eigenvalue weighted by molar-refractivity contribution is 6.16. The van der Waals surface area contributed by atoms with Crippen molar-refractivity contribution in [2.45, 2.75) is 39.0 Å². The molecule has 0 saturated carbocycles. The minimum Gasteiger partial charge on any atom is -0.459 e. The van der Waals surface area contributed by atoms with Gasteiger partial charge in [-0.3, -0.25) is 9.59 Å². The van der Waals surface area contributed by atoms with Gasteiger partial charge in [-0.2, -0.15) is 13.2 Å². The molecule has 1 aliphatic rings. The third kappa shape index (κ3) is 2.43. The maximum absolute atomic E-state index is 13.5. The summed E-state index contributed by atoms with van der Waals surface area (Å²) in [5.41, 5.74) is -4.10. The number of ketones is 1. The summed E-state index contributed by atoms with van der Waals surface area (Å²) in [6.45, 7) is 4.38. The lowest BCUT2D eigenvalue weighted by Crippen LogP contribution is -2.52. The largest absolute Gasteiger partial charge is 0.459 e. The molecule has 0 N–H and O–H groups in total. The van der Waals surface area contributed by atoms with E-state index in [0.717, 1.165) is 0 Å². The van der Waals surface area contributed by atoms with Crippen molar-refractivity contribution in [2.24, 2.45) is 5.41 Å². The van der Waals surface area contributed by atoms with Crippen molar-refractivity contribution in [3.8, 4) is 0 Å². The Hall–Kier alpha value is -1.85. The molecule has 114 valence electrons. The van der Waals surface area contributed by atoms with Crippen LogP contribution in [0.1, 0.15) is 36.7 Å². The molecule has 0 saturated heterocycles. The minimum atomic E-state index is -5.01. The van der Waals surface area contributed by atoms with Crippen LogP contribution in [0.25, 0.3) is 0 Å². The van der Waals surface area contributed by atoms with Gasteiger partial charge in [0.25, 0.3) is 0 Å². The molecule has 1 aromatic rings. The van der Waals surface area contributed by atoms with Gasteiger partial charge in [0.15, 0.2) is 5.78 Å². The predicted molar refractivity (Wildman–Crippen MR) is 68.8 cm³/mol. The molecular weight excluding hydrogens is 285 g/mol. The first kappa shape index (κ1) is 15.5. The van der Waals surface area contributed by atoms with Gasteiger partial charge in [0.1, 0.15) is 5.60 Å². The van der Waals surface area contributed by atoms with Crippen LogP contribution in [0, 0.1) is 5.41 Å². The molecular formula is C15H15F3O3. The smallest absolute Gasteiger partial charge is 0.412 e. The Labute approximate surface area is 120 Å². The first-order valence-corrected chi connectivity index (χ1v) is 6.42. The molecule has 0 spiro atoms. The number of alkyl halides is 3. The monoisotopic (exact) mass is 300 g/mol. The molecule has 3 nitrogen and oxygen atoms in total. The minimum absolute atomic E-state index is 0.0688. The van der Waals surface area contributed by atoms with E-state index in [-0.39, 0.29) is 11.1 Å². The lowest BCUT2D eigenvalue weighted by atomic mass is 9.82. The van der Waals surface area contributed by atoms with E-state index in [1.165, 1.54) is 45.0 Å². The van der Waals surface area contributed by atoms with Gasteiger partial charge in [-0.1, -0.05) is 24.3 Å². The Kier molecular flexibility index (Phi) is 3.39. The molecule has 21 heavy (non-hydrogen) atoms. The van der Waals surface area contributed by atoms with E-state index in [1.807, 2.05) is 0 Å². The van der Waals surface area contributed by atoms with E-state index in [2.05, 4.69) is 0 Å². The highest BCUT2D eigenvalue weighted by Crippen LogP contribution is 2.49. The second kappa shape index (κ2) is 4.58. The van der Waals surface area contributed by atoms with Crippen LogP contribution in [0.15, 0.2) is 24.3 Å². The van der Waals surface area contributed by atoms with E-state index >= 15 is 0 Å². The lowest BCUT2D eigenvalue weighted by Gasteiger charge is -2.31. The number of carbonyl (C=O) groups is 2. The molecule has 6 heteroatoms. The number of carbonyl (C=O) groups excluding carboxylic acids is 2. The standard InChI is InChI=1S/C15H15F3O3/c1-13(2,3)21-12(20)14(15(16,17)18)8-9-6-4-5-7-10(9)11(14)19/h4-7H,8H2,1-3H3/t14-/m1/s1. The third-order valence-electron chi connectivity index (χ3n) is 3.34. The Morgan fingerprint density at radius 2 is 1.76 bits per heavy atom. The molecule has 2 rings (SSSR count). The van der Waals surface area contributed by atoms with Crippen molar-refractivity contribution in [2.75, 3.05) is 0 Å². The van der Waals surface area contributed by atoms with E-state index in [4.69, 9.17) is 4.74 Å². The summed E-state index contributed by atoms with van der Waals surface area (Å²) in [5, 5.41) is 0. The summed E-state index contributed by atoms with van der Waals surface area (Å²) in [6, 6.07) is 5.73. The van der Waals surface area contributed by atoms with E-state index in [1.54, 1.807) is 0 Å². The summed E-state index contributed by atoms with van der Waals surface area (Å²) in [5.74, 6) is -2.77. The Bertz CT molecular complexity index is 599. The van der Waals surface area contributed by atoms with Gasteiger partial charge in [0, 0.05) is 12.0 Å². The number of Topliss-reactive ketones (excluding diaryl/α,β-unsaturated/α-hetero) is 1. The van der Waals surface area contributed by atoms with Crippen LogP contribution in [0.5, 0.6) is 0 Å². The topological polar surface area (TPSA) is 43.4 Å². The van der Waals surface area contributed by atoms with Crippen LogP contribution in [-0.4, -0.2) is 23.5 Å². The number of fused-ring (bicyclic) bond motifs is 1. The van der Waals surface area contributed by atoms with Crippen LogP contribution in [0.3, 0.4) is 0 Å². The number of hydrogen-bond donors (Lipinski definition) is 0. The Morgan fingerprint density at radius 3 is 2.24 bits per heavy atom. The average molecular weight is 300 g/mol. The van der Waals surface area contributed by atoms with Crippen LogP contribution < -0.4 is 0 Å².